The largest absolute Gasteiger partial charge is 0.462 e. The predicted octanol–water partition coefficient (Wildman–Crippen LogP) is 25.3. The molecule has 0 saturated carbocycles. The predicted molar refractivity (Wildman–Crippen MR) is 358 cm³/mol. The Bertz CT molecular complexity index is 1410. The molecule has 82 heavy (non-hydrogen) atoms. The fourth-order valence-corrected chi connectivity index (χ4v) is 11.0. The van der Waals surface area contributed by atoms with E-state index in [0.717, 1.165) is 77.0 Å². The average Bonchev–Trinajstić information content (AvgIpc) is 3.47. The maximum atomic E-state index is 13.0. The van der Waals surface area contributed by atoms with E-state index in [1.807, 2.05) is 0 Å². The molecule has 6 nitrogen and oxygen atoms in total. The highest BCUT2D eigenvalue weighted by Crippen LogP contribution is 2.19. The zero-order chi connectivity index (χ0) is 59.2. The van der Waals surface area contributed by atoms with E-state index >= 15 is 0 Å². The van der Waals surface area contributed by atoms with Crippen LogP contribution >= 0.6 is 0 Å². The van der Waals surface area contributed by atoms with Gasteiger partial charge < -0.3 is 14.2 Å². The summed E-state index contributed by atoms with van der Waals surface area (Å²) in [4.78, 5) is 38.5. The van der Waals surface area contributed by atoms with Crippen molar-refractivity contribution in [3.05, 3.63) is 48.6 Å². The first-order chi connectivity index (χ1) is 40.5. The Labute approximate surface area is 511 Å². The summed E-state index contributed by atoms with van der Waals surface area (Å²) in [5.41, 5.74) is 0. The molecule has 0 aromatic rings. The molecule has 0 aliphatic carbocycles. The minimum Gasteiger partial charge on any atom is -0.462 e. The number of esters is 3. The van der Waals surface area contributed by atoms with Gasteiger partial charge in [0.25, 0.3) is 0 Å². The Kier molecular flexibility index (Phi) is 68.6. The lowest BCUT2D eigenvalue weighted by molar-refractivity contribution is -0.167. The van der Waals surface area contributed by atoms with Crippen LogP contribution in [0.5, 0.6) is 0 Å². The second-order valence-electron chi connectivity index (χ2n) is 24.9. The zero-order valence-electron chi connectivity index (χ0n) is 55.3. The number of rotatable bonds is 68. The molecule has 0 amide bonds. The summed E-state index contributed by atoms with van der Waals surface area (Å²) >= 11 is 0. The van der Waals surface area contributed by atoms with Crippen LogP contribution in [-0.2, 0) is 28.6 Å². The van der Waals surface area contributed by atoms with E-state index < -0.39 is 6.10 Å². The van der Waals surface area contributed by atoms with Gasteiger partial charge in [-0.3, -0.25) is 14.4 Å². The van der Waals surface area contributed by atoms with Gasteiger partial charge in [0, 0.05) is 19.3 Å². The van der Waals surface area contributed by atoms with E-state index in [9.17, 15) is 14.4 Å². The van der Waals surface area contributed by atoms with Crippen molar-refractivity contribution in [1.29, 1.82) is 0 Å². The summed E-state index contributed by atoms with van der Waals surface area (Å²) in [5.74, 6) is -0.850. The first-order valence-corrected chi connectivity index (χ1v) is 36.6. The van der Waals surface area contributed by atoms with Crippen molar-refractivity contribution in [3.8, 4) is 0 Å². The van der Waals surface area contributed by atoms with Crippen molar-refractivity contribution in [2.45, 2.75) is 406 Å². The van der Waals surface area contributed by atoms with E-state index in [4.69, 9.17) is 14.2 Å². The van der Waals surface area contributed by atoms with Gasteiger partial charge in [-0.25, -0.2) is 0 Å². The fraction of sp³-hybridized carbons (Fsp3) is 0.855. The normalized spacial score (nSPS) is 12.3. The second-order valence-corrected chi connectivity index (χ2v) is 24.9. The van der Waals surface area contributed by atoms with Crippen LogP contribution in [-0.4, -0.2) is 37.2 Å². The number of hydrogen-bond acceptors (Lipinski definition) is 6. The molecule has 1 atom stereocenters. The molecule has 0 aliphatic rings. The molecule has 0 N–H and O–H groups in total. The Morgan fingerprint density at radius 1 is 0.244 bits per heavy atom. The van der Waals surface area contributed by atoms with E-state index in [1.165, 1.54) is 283 Å². The average molecular weight is 1150 g/mol. The molecule has 6 heteroatoms. The SMILES string of the molecule is CCCCC/C=C\C/C=C\CCCCCCCCCC(=O)OCC(COC(=O)CCCCCCCCCCCCCCC/C=C\C/C=C\CCCCCCC)OC(=O)CCCCCCCCCCCCCCCCCCCCCCCC. The second kappa shape index (κ2) is 70.9. The number of allylic oxidation sites excluding steroid dienone is 8. The van der Waals surface area contributed by atoms with Crippen molar-refractivity contribution in [1.82, 2.24) is 0 Å². The van der Waals surface area contributed by atoms with Gasteiger partial charge in [-0.1, -0.05) is 345 Å². The lowest BCUT2D eigenvalue weighted by Crippen LogP contribution is -2.30. The van der Waals surface area contributed by atoms with Crippen LogP contribution in [0.15, 0.2) is 48.6 Å². The van der Waals surface area contributed by atoms with Crippen LogP contribution < -0.4 is 0 Å². The quantitative estimate of drug-likeness (QED) is 0.0261. The number of carbonyl (C=O) groups is 3. The standard InChI is InChI=1S/C76H140O6/c1-4-7-10-13-16-19-22-25-28-31-33-35-37-38-39-41-42-45-48-51-54-57-60-63-66-69-75(78)81-72-73(71-80-74(77)68-65-62-59-56-53-50-47-44-30-27-24-21-18-15-12-9-6-3)82-76(79)70-67-64-61-58-55-52-49-46-43-40-36-34-32-29-26-23-20-17-14-11-8-5-2/h18,21-22,25,27,30-31,33,73H,4-17,19-20,23-24,26,28-29,32,34-72H2,1-3H3/b21-18-,25-22-,30-27-,33-31-. The summed E-state index contributed by atoms with van der Waals surface area (Å²) in [6.07, 6.45) is 90.0. The molecule has 0 aromatic carbocycles. The van der Waals surface area contributed by atoms with Gasteiger partial charge >= 0.3 is 17.9 Å². The molecule has 0 rings (SSSR count). The molecule has 0 saturated heterocycles. The molecular weight excluding hydrogens is 1010 g/mol. The Hall–Kier alpha value is -2.63. The molecule has 0 heterocycles. The van der Waals surface area contributed by atoms with E-state index in [1.54, 1.807) is 0 Å². The number of unbranched alkanes of at least 4 members (excludes halogenated alkanes) is 49. The maximum Gasteiger partial charge on any atom is 0.306 e. The monoisotopic (exact) mass is 1150 g/mol. The van der Waals surface area contributed by atoms with Gasteiger partial charge in [0.1, 0.15) is 13.2 Å². The van der Waals surface area contributed by atoms with Crippen LogP contribution in [0.3, 0.4) is 0 Å². The summed E-state index contributed by atoms with van der Waals surface area (Å²) in [7, 11) is 0. The molecule has 480 valence electrons. The molecule has 0 aromatic heterocycles. The zero-order valence-corrected chi connectivity index (χ0v) is 55.3. The van der Waals surface area contributed by atoms with Gasteiger partial charge in [-0.2, -0.15) is 0 Å². The third kappa shape index (κ3) is 68.2. The van der Waals surface area contributed by atoms with Crippen LogP contribution in [0.4, 0.5) is 0 Å². The topological polar surface area (TPSA) is 78.9 Å². The van der Waals surface area contributed by atoms with Gasteiger partial charge in [0.2, 0.25) is 0 Å². The van der Waals surface area contributed by atoms with Crippen LogP contribution in [0.25, 0.3) is 0 Å². The third-order valence-corrected chi connectivity index (χ3v) is 16.6. The van der Waals surface area contributed by atoms with Crippen molar-refractivity contribution >= 4 is 17.9 Å². The lowest BCUT2D eigenvalue weighted by Gasteiger charge is -2.18. The van der Waals surface area contributed by atoms with Crippen molar-refractivity contribution < 1.29 is 28.6 Å². The van der Waals surface area contributed by atoms with Crippen LogP contribution in [0.1, 0.15) is 400 Å². The molecule has 0 aliphatic heterocycles. The number of hydrogen-bond donors (Lipinski definition) is 0. The third-order valence-electron chi connectivity index (χ3n) is 16.6. The highest BCUT2D eigenvalue weighted by Gasteiger charge is 2.19. The first-order valence-electron chi connectivity index (χ1n) is 36.6. The minimum atomic E-state index is -0.776. The highest BCUT2D eigenvalue weighted by molar-refractivity contribution is 5.71. The Balaban J connectivity index is 4.30. The molecule has 0 spiro atoms. The summed E-state index contributed by atoms with van der Waals surface area (Å²) in [5, 5.41) is 0. The van der Waals surface area contributed by atoms with Crippen molar-refractivity contribution in [3.63, 3.8) is 0 Å². The van der Waals surface area contributed by atoms with E-state index in [2.05, 4.69) is 69.4 Å². The fourth-order valence-electron chi connectivity index (χ4n) is 11.0. The highest BCUT2D eigenvalue weighted by atomic mass is 16.6. The van der Waals surface area contributed by atoms with Crippen molar-refractivity contribution in [2.75, 3.05) is 13.2 Å². The molecular formula is C76H140O6. The van der Waals surface area contributed by atoms with Gasteiger partial charge in [0.05, 0.1) is 0 Å². The number of ether oxygens (including phenoxy) is 3. The molecule has 0 fully saturated rings. The maximum absolute atomic E-state index is 13.0. The summed E-state index contributed by atoms with van der Waals surface area (Å²) in [6, 6.07) is 0. The minimum absolute atomic E-state index is 0.0715. The van der Waals surface area contributed by atoms with Crippen LogP contribution in [0, 0.1) is 0 Å². The smallest absolute Gasteiger partial charge is 0.306 e. The number of carbonyl (C=O) groups excluding carboxylic acids is 3. The molecule has 0 radical (unpaired) electrons. The first kappa shape index (κ1) is 79.4. The van der Waals surface area contributed by atoms with Gasteiger partial charge in [0.15, 0.2) is 6.10 Å². The molecule has 1 unspecified atom stereocenters. The summed E-state index contributed by atoms with van der Waals surface area (Å²) < 4.78 is 17.0. The lowest BCUT2D eigenvalue weighted by atomic mass is 10.0. The van der Waals surface area contributed by atoms with Gasteiger partial charge in [-0.05, 0) is 83.5 Å². The van der Waals surface area contributed by atoms with Crippen LogP contribution in [0.2, 0.25) is 0 Å². The molecule has 0 bridgehead atoms. The Morgan fingerprint density at radius 2 is 0.439 bits per heavy atom. The Morgan fingerprint density at radius 3 is 0.695 bits per heavy atom. The van der Waals surface area contributed by atoms with E-state index in [-0.39, 0.29) is 31.1 Å². The van der Waals surface area contributed by atoms with Crippen molar-refractivity contribution in [2.24, 2.45) is 0 Å². The van der Waals surface area contributed by atoms with E-state index in [0.29, 0.717) is 19.3 Å². The summed E-state index contributed by atoms with van der Waals surface area (Å²) in [6.45, 7) is 6.68. The van der Waals surface area contributed by atoms with Gasteiger partial charge in [-0.15, -0.1) is 0 Å².